The molecule has 19 heavy (non-hydrogen) atoms. The van der Waals surface area contributed by atoms with Crippen LogP contribution in [0.25, 0.3) is 0 Å². The van der Waals surface area contributed by atoms with Crippen molar-refractivity contribution in [2.45, 2.75) is 39.8 Å². The fourth-order valence-electron chi connectivity index (χ4n) is 2.69. The van der Waals surface area contributed by atoms with Crippen LogP contribution in [-0.2, 0) is 6.54 Å². The lowest BCUT2D eigenvalue weighted by Crippen LogP contribution is -2.53. The number of nitrogen functional groups attached to an aromatic ring is 1. The predicted molar refractivity (Wildman–Crippen MR) is 82.2 cm³/mol. The summed E-state index contributed by atoms with van der Waals surface area (Å²) >= 11 is 0. The molecule has 0 spiro atoms. The zero-order valence-corrected chi connectivity index (χ0v) is 12.7. The maximum atomic E-state index is 6.07. The van der Waals surface area contributed by atoms with Crippen LogP contribution in [0.5, 0.6) is 0 Å². The van der Waals surface area contributed by atoms with E-state index in [1.165, 1.54) is 11.1 Å². The molecule has 0 aliphatic carbocycles. The Morgan fingerprint density at radius 3 is 2.32 bits per heavy atom. The number of benzene rings is 1. The van der Waals surface area contributed by atoms with Crippen LogP contribution in [0, 0.1) is 6.92 Å². The van der Waals surface area contributed by atoms with Gasteiger partial charge in [0.2, 0.25) is 0 Å². The van der Waals surface area contributed by atoms with Gasteiger partial charge in [0, 0.05) is 44.0 Å². The summed E-state index contributed by atoms with van der Waals surface area (Å²) in [7, 11) is 0. The van der Waals surface area contributed by atoms with Gasteiger partial charge in [0.05, 0.1) is 0 Å². The summed E-state index contributed by atoms with van der Waals surface area (Å²) < 4.78 is 0. The molecule has 0 saturated carbocycles. The summed E-state index contributed by atoms with van der Waals surface area (Å²) in [4.78, 5) is 5.07. The average Bonchev–Trinajstić information content (AvgIpc) is 2.33. The molecule has 0 aromatic heterocycles. The summed E-state index contributed by atoms with van der Waals surface area (Å²) in [6.07, 6.45) is 0. The van der Waals surface area contributed by atoms with Crippen LogP contribution in [0.4, 0.5) is 5.69 Å². The van der Waals surface area contributed by atoms with Crippen LogP contribution in [0.15, 0.2) is 18.2 Å². The van der Waals surface area contributed by atoms with Crippen LogP contribution in [-0.4, -0.2) is 41.5 Å². The molecule has 1 aliphatic rings. The van der Waals surface area contributed by atoms with Crippen molar-refractivity contribution in [3.8, 4) is 0 Å². The van der Waals surface area contributed by atoms with Gasteiger partial charge in [-0.15, -0.1) is 0 Å². The molecule has 1 saturated heterocycles. The molecule has 1 fully saturated rings. The fourth-order valence-corrected chi connectivity index (χ4v) is 2.69. The molecule has 0 radical (unpaired) electrons. The Balaban J connectivity index is 1.94. The molecule has 3 heteroatoms. The fraction of sp³-hybridized carbons (Fsp3) is 0.625. The van der Waals surface area contributed by atoms with E-state index in [1.807, 2.05) is 6.07 Å². The summed E-state index contributed by atoms with van der Waals surface area (Å²) in [6, 6.07) is 6.32. The Bertz CT molecular complexity index is 426. The standard InChI is InChI=1S/C16H27N3/c1-13-5-6-15(17)14(11-13)12-18-7-9-19(10-8-18)16(2,3)4/h5-6,11H,7-10,12,17H2,1-4H3. The topological polar surface area (TPSA) is 32.5 Å². The number of nitrogens with two attached hydrogens (primary N) is 1. The van der Waals surface area contributed by atoms with Gasteiger partial charge in [-0.1, -0.05) is 17.7 Å². The summed E-state index contributed by atoms with van der Waals surface area (Å²) in [5.74, 6) is 0. The quantitative estimate of drug-likeness (QED) is 0.830. The number of piperazine rings is 1. The normalized spacial score (nSPS) is 18.7. The minimum absolute atomic E-state index is 0.286. The lowest BCUT2D eigenvalue weighted by atomic mass is 10.0. The Labute approximate surface area is 117 Å². The maximum absolute atomic E-state index is 6.07. The van der Waals surface area contributed by atoms with E-state index in [2.05, 4.69) is 49.6 Å². The van der Waals surface area contributed by atoms with Crippen molar-refractivity contribution in [1.82, 2.24) is 9.80 Å². The number of nitrogens with zero attached hydrogens (tertiary/aromatic N) is 2. The third kappa shape index (κ3) is 3.71. The largest absolute Gasteiger partial charge is 0.398 e. The second-order valence-corrected chi connectivity index (χ2v) is 6.64. The van der Waals surface area contributed by atoms with Crippen LogP contribution in [0.1, 0.15) is 31.9 Å². The van der Waals surface area contributed by atoms with E-state index in [-0.39, 0.29) is 5.54 Å². The van der Waals surface area contributed by atoms with E-state index in [4.69, 9.17) is 5.73 Å². The van der Waals surface area contributed by atoms with Crippen molar-refractivity contribution in [1.29, 1.82) is 0 Å². The number of hydrogen-bond acceptors (Lipinski definition) is 3. The average molecular weight is 261 g/mol. The highest BCUT2D eigenvalue weighted by Gasteiger charge is 2.25. The smallest absolute Gasteiger partial charge is 0.0359 e. The number of hydrogen-bond donors (Lipinski definition) is 1. The second kappa shape index (κ2) is 5.51. The van der Waals surface area contributed by atoms with Gasteiger partial charge in [0.1, 0.15) is 0 Å². The summed E-state index contributed by atoms with van der Waals surface area (Å²) in [5.41, 5.74) is 9.83. The molecule has 3 nitrogen and oxygen atoms in total. The third-order valence-corrected chi connectivity index (χ3v) is 4.01. The Morgan fingerprint density at radius 2 is 1.74 bits per heavy atom. The number of rotatable bonds is 2. The van der Waals surface area contributed by atoms with Crippen molar-refractivity contribution in [3.05, 3.63) is 29.3 Å². The SMILES string of the molecule is Cc1ccc(N)c(CN2CCN(C(C)(C)C)CC2)c1. The van der Waals surface area contributed by atoms with E-state index in [9.17, 15) is 0 Å². The lowest BCUT2D eigenvalue weighted by molar-refractivity contribution is 0.0592. The number of anilines is 1. The van der Waals surface area contributed by atoms with E-state index >= 15 is 0 Å². The van der Waals surface area contributed by atoms with Gasteiger partial charge in [-0.3, -0.25) is 9.80 Å². The van der Waals surface area contributed by atoms with Gasteiger partial charge >= 0.3 is 0 Å². The van der Waals surface area contributed by atoms with Crippen LogP contribution in [0.3, 0.4) is 0 Å². The van der Waals surface area contributed by atoms with E-state index in [0.29, 0.717) is 0 Å². The highest BCUT2D eigenvalue weighted by Crippen LogP contribution is 2.20. The van der Waals surface area contributed by atoms with Crippen molar-refractivity contribution in [3.63, 3.8) is 0 Å². The highest BCUT2D eigenvalue weighted by atomic mass is 15.3. The van der Waals surface area contributed by atoms with Gasteiger partial charge < -0.3 is 5.73 Å². The maximum Gasteiger partial charge on any atom is 0.0359 e. The van der Waals surface area contributed by atoms with Gasteiger partial charge in [-0.25, -0.2) is 0 Å². The third-order valence-electron chi connectivity index (χ3n) is 4.01. The molecule has 0 unspecified atom stereocenters. The summed E-state index contributed by atoms with van der Waals surface area (Å²) in [6.45, 7) is 14.5. The molecule has 2 rings (SSSR count). The molecule has 0 amide bonds. The molecule has 1 aliphatic heterocycles. The predicted octanol–water partition coefficient (Wildman–Crippen LogP) is 2.49. The minimum atomic E-state index is 0.286. The highest BCUT2D eigenvalue weighted by molar-refractivity contribution is 5.48. The molecular formula is C16H27N3. The molecule has 0 atom stereocenters. The first kappa shape index (κ1) is 14.4. The van der Waals surface area contributed by atoms with Crippen LogP contribution in [0.2, 0.25) is 0 Å². The zero-order valence-electron chi connectivity index (χ0n) is 12.7. The second-order valence-electron chi connectivity index (χ2n) is 6.64. The molecule has 1 aromatic rings. The van der Waals surface area contributed by atoms with E-state index < -0.39 is 0 Å². The molecule has 1 heterocycles. The van der Waals surface area contributed by atoms with Crippen LogP contribution < -0.4 is 5.73 Å². The van der Waals surface area contributed by atoms with Gasteiger partial charge in [0.15, 0.2) is 0 Å². The first-order valence-corrected chi connectivity index (χ1v) is 7.19. The molecule has 2 N–H and O–H groups in total. The molecule has 1 aromatic carbocycles. The van der Waals surface area contributed by atoms with Crippen LogP contribution >= 0.6 is 0 Å². The molecule has 106 valence electrons. The van der Waals surface area contributed by atoms with Crippen molar-refractivity contribution < 1.29 is 0 Å². The van der Waals surface area contributed by atoms with Crippen molar-refractivity contribution in [2.75, 3.05) is 31.9 Å². The zero-order chi connectivity index (χ0) is 14.0. The minimum Gasteiger partial charge on any atom is -0.398 e. The molecule has 0 bridgehead atoms. The van der Waals surface area contributed by atoms with E-state index in [1.54, 1.807) is 0 Å². The first-order chi connectivity index (χ1) is 8.86. The first-order valence-electron chi connectivity index (χ1n) is 7.19. The van der Waals surface area contributed by atoms with Gasteiger partial charge in [-0.05, 0) is 39.3 Å². The number of aryl methyl sites for hydroxylation is 1. The monoisotopic (exact) mass is 261 g/mol. The lowest BCUT2D eigenvalue weighted by Gasteiger charge is -2.42. The molecular weight excluding hydrogens is 234 g/mol. The van der Waals surface area contributed by atoms with Crippen molar-refractivity contribution >= 4 is 5.69 Å². The Hall–Kier alpha value is -1.06. The van der Waals surface area contributed by atoms with Gasteiger partial charge in [-0.2, -0.15) is 0 Å². The van der Waals surface area contributed by atoms with E-state index in [0.717, 1.165) is 38.4 Å². The van der Waals surface area contributed by atoms with Crippen molar-refractivity contribution in [2.24, 2.45) is 0 Å². The Kier molecular flexibility index (Phi) is 4.16. The van der Waals surface area contributed by atoms with Gasteiger partial charge in [0.25, 0.3) is 0 Å². The summed E-state index contributed by atoms with van der Waals surface area (Å²) in [5, 5.41) is 0. The Morgan fingerprint density at radius 1 is 1.11 bits per heavy atom.